The molecule has 1 fully saturated rings. The van der Waals surface area contributed by atoms with E-state index in [1.807, 2.05) is 30.5 Å². The van der Waals surface area contributed by atoms with E-state index >= 15 is 0 Å². The Morgan fingerprint density at radius 3 is 2.60 bits per heavy atom. The summed E-state index contributed by atoms with van der Waals surface area (Å²) in [6.45, 7) is 1.16. The van der Waals surface area contributed by atoms with Crippen LogP contribution in [0.15, 0.2) is 29.2 Å². The van der Waals surface area contributed by atoms with Gasteiger partial charge in [0, 0.05) is 23.5 Å². The molecule has 0 spiro atoms. The minimum atomic E-state index is -0.222. The number of likely N-dealkylation sites (tertiary alicyclic amines) is 1. The molecule has 2 rings (SSSR count). The summed E-state index contributed by atoms with van der Waals surface area (Å²) in [5, 5.41) is 0. The molecule has 0 bridgehead atoms. The van der Waals surface area contributed by atoms with E-state index in [0.717, 1.165) is 17.7 Å². The Bertz CT molecular complexity index is 486. The van der Waals surface area contributed by atoms with Gasteiger partial charge < -0.3 is 9.64 Å². The van der Waals surface area contributed by atoms with Gasteiger partial charge in [-0.3, -0.25) is 9.59 Å². The molecule has 0 aromatic heterocycles. The Labute approximate surface area is 123 Å². The molecule has 0 N–H and O–H groups in total. The summed E-state index contributed by atoms with van der Waals surface area (Å²) >= 11 is 1.65. The number of rotatable bonds is 3. The summed E-state index contributed by atoms with van der Waals surface area (Å²) in [6, 6.07) is 7.57. The van der Waals surface area contributed by atoms with Gasteiger partial charge in [-0.1, -0.05) is 0 Å². The minimum absolute atomic E-state index is 0.00810. The fourth-order valence-electron chi connectivity index (χ4n) is 2.44. The van der Waals surface area contributed by atoms with Gasteiger partial charge in [0.25, 0.3) is 5.91 Å². The van der Waals surface area contributed by atoms with Crippen molar-refractivity contribution >= 4 is 23.6 Å². The number of ether oxygens (including phenoxy) is 1. The maximum absolute atomic E-state index is 12.4. The van der Waals surface area contributed by atoms with Gasteiger partial charge in [-0.05, 0) is 43.4 Å². The lowest BCUT2D eigenvalue weighted by molar-refractivity contribution is -0.146. The molecule has 1 unspecified atom stereocenters. The maximum atomic E-state index is 12.4. The van der Waals surface area contributed by atoms with Crippen molar-refractivity contribution in [1.29, 1.82) is 0 Å². The smallest absolute Gasteiger partial charge is 0.310 e. The highest BCUT2D eigenvalue weighted by atomic mass is 32.2. The molecule has 1 amide bonds. The number of esters is 1. The number of piperidine rings is 1. The van der Waals surface area contributed by atoms with E-state index < -0.39 is 0 Å². The average Bonchev–Trinajstić information content (AvgIpc) is 2.53. The first-order valence-electron chi connectivity index (χ1n) is 6.67. The van der Waals surface area contributed by atoms with Crippen molar-refractivity contribution in [2.45, 2.75) is 17.7 Å². The molecule has 0 radical (unpaired) electrons. The van der Waals surface area contributed by atoms with Gasteiger partial charge in [0.05, 0.1) is 13.0 Å². The van der Waals surface area contributed by atoms with Crippen molar-refractivity contribution in [3.05, 3.63) is 29.8 Å². The van der Waals surface area contributed by atoms with Crippen LogP contribution in [0, 0.1) is 5.92 Å². The molecule has 1 aromatic rings. The monoisotopic (exact) mass is 293 g/mol. The van der Waals surface area contributed by atoms with Crippen LogP contribution in [-0.2, 0) is 9.53 Å². The van der Waals surface area contributed by atoms with Crippen molar-refractivity contribution in [3.63, 3.8) is 0 Å². The lowest BCUT2D eigenvalue weighted by atomic mass is 9.97. The third kappa shape index (κ3) is 3.33. The SMILES string of the molecule is COC(=O)C1CCCN(C(=O)c2ccc(SC)cc2)C1. The van der Waals surface area contributed by atoms with Crippen LogP contribution in [-0.4, -0.2) is 43.2 Å². The normalized spacial score (nSPS) is 18.7. The van der Waals surface area contributed by atoms with E-state index in [2.05, 4.69) is 0 Å². The number of hydrogen-bond acceptors (Lipinski definition) is 4. The fraction of sp³-hybridized carbons (Fsp3) is 0.467. The van der Waals surface area contributed by atoms with Gasteiger partial charge in [0.2, 0.25) is 0 Å². The van der Waals surface area contributed by atoms with Gasteiger partial charge in [-0.2, -0.15) is 0 Å². The zero-order chi connectivity index (χ0) is 14.5. The molecular formula is C15H19NO3S. The number of methoxy groups -OCH3 is 1. The van der Waals surface area contributed by atoms with Crippen molar-refractivity contribution in [1.82, 2.24) is 4.90 Å². The quantitative estimate of drug-likeness (QED) is 0.634. The van der Waals surface area contributed by atoms with Gasteiger partial charge in [-0.25, -0.2) is 0 Å². The molecule has 5 heteroatoms. The first-order valence-corrected chi connectivity index (χ1v) is 7.89. The second-order valence-corrected chi connectivity index (χ2v) is 5.72. The number of benzene rings is 1. The summed E-state index contributed by atoms with van der Waals surface area (Å²) in [5.41, 5.74) is 0.674. The predicted molar refractivity (Wildman–Crippen MR) is 78.9 cm³/mol. The van der Waals surface area contributed by atoms with Crippen LogP contribution < -0.4 is 0 Å². The molecule has 108 valence electrons. The van der Waals surface area contributed by atoms with E-state index in [9.17, 15) is 9.59 Å². The zero-order valence-electron chi connectivity index (χ0n) is 11.8. The van der Waals surface area contributed by atoms with Crippen LogP contribution in [0.1, 0.15) is 23.2 Å². The van der Waals surface area contributed by atoms with Crippen molar-refractivity contribution < 1.29 is 14.3 Å². The van der Waals surface area contributed by atoms with Gasteiger partial charge in [-0.15, -0.1) is 11.8 Å². The van der Waals surface area contributed by atoms with Crippen LogP contribution in [0.2, 0.25) is 0 Å². The van der Waals surface area contributed by atoms with Crippen molar-refractivity contribution in [2.75, 3.05) is 26.5 Å². The second-order valence-electron chi connectivity index (χ2n) is 4.84. The van der Waals surface area contributed by atoms with Crippen molar-refractivity contribution in [2.24, 2.45) is 5.92 Å². The number of carbonyl (C=O) groups is 2. The van der Waals surface area contributed by atoms with Crippen LogP contribution in [0.4, 0.5) is 0 Å². The number of carbonyl (C=O) groups excluding carboxylic acids is 2. The van der Waals surface area contributed by atoms with Crippen molar-refractivity contribution in [3.8, 4) is 0 Å². The second kappa shape index (κ2) is 6.79. The number of thioether (sulfide) groups is 1. The molecule has 1 heterocycles. The Morgan fingerprint density at radius 2 is 2.00 bits per heavy atom. The molecule has 1 atom stereocenters. The van der Waals surface area contributed by atoms with Crippen LogP contribution in [0.5, 0.6) is 0 Å². The zero-order valence-corrected chi connectivity index (χ0v) is 12.6. The molecule has 0 aliphatic carbocycles. The number of hydrogen-bond donors (Lipinski definition) is 0. The molecule has 1 aromatic carbocycles. The molecule has 1 saturated heterocycles. The minimum Gasteiger partial charge on any atom is -0.469 e. The Morgan fingerprint density at radius 1 is 1.30 bits per heavy atom. The highest BCUT2D eigenvalue weighted by molar-refractivity contribution is 7.98. The summed E-state index contributed by atoms with van der Waals surface area (Å²) in [7, 11) is 1.39. The lowest BCUT2D eigenvalue weighted by Crippen LogP contribution is -2.42. The first-order chi connectivity index (χ1) is 9.65. The largest absolute Gasteiger partial charge is 0.469 e. The molecular weight excluding hydrogens is 274 g/mol. The van der Waals surface area contributed by atoms with E-state index in [-0.39, 0.29) is 17.8 Å². The van der Waals surface area contributed by atoms with Crippen LogP contribution in [0.25, 0.3) is 0 Å². The maximum Gasteiger partial charge on any atom is 0.310 e. The summed E-state index contributed by atoms with van der Waals surface area (Å²) < 4.78 is 4.77. The van der Waals surface area contributed by atoms with E-state index in [1.54, 1.807) is 16.7 Å². The number of nitrogens with zero attached hydrogens (tertiary/aromatic N) is 1. The molecule has 1 aliphatic rings. The summed E-state index contributed by atoms with van der Waals surface area (Å²) in [4.78, 5) is 26.9. The predicted octanol–water partition coefficient (Wildman–Crippen LogP) is 2.43. The van der Waals surface area contributed by atoms with E-state index in [0.29, 0.717) is 18.7 Å². The average molecular weight is 293 g/mol. The van der Waals surface area contributed by atoms with Crippen LogP contribution >= 0.6 is 11.8 Å². The van der Waals surface area contributed by atoms with E-state index in [1.165, 1.54) is 7.11 Å². The highest BCUT2D eigenvalue weighted by Gasteiger charge is 2.29. The molecule has 0 saturated carbocycles. The third-order valence-corrected chi connectivity index (χ3v) is 4.32. The van der Waals surface area contributed by atoms with Gasteiger partial charge in [0.1, 0.15) is 0 Å². The first kappa shape index (κ1) is 14.9. The lowest BCUT2D eigenvalue weighted by Gasteiger charge is -2.31. The van der Waals surface area contributed by atoms with Gasteiger partial charge >= 0.3 is 5.97 Å². The summed E-state index contributed by atoms with van der Waals surface area (Å²) in [6.07, 6.45) is 3.64. The van der Waals surface area contributed by atoms with Gasteiger partial charge in [0.15, 0.2) is 0 Å². The van der Waals surface area contributed by atoms with Crippen LogP contribution in [0.3, 0.4) is 0 Å². The summed E-state index contributed by atoms with van der Waals surface area (Å²) in [5.74, 6) is -0.422. The molecule has 4 nitrogen and oxygen atoms in total. The molecule has 1 aliphatic heterocycles. The standard InChI is InChI=1S/C15H19NO3S/c1-19-15(18)12-4-3-9-16(10-12)14(17)11-5-7-13(20-2)8-6-11/h5-8,12H,3-4,9-10H2,1-2H3. The fourth-order valence-corrected chi connectivity index (χ4v) is 2.85. The highest BCUT2D eigenvalue weighted by Crippen LogP contribution is 2.21. The topological polar surface area (TPSA) is 46.6 Å². The Balaban J connectivity index is 2.05. The molecule has 20 heavy (non-hydrogen) atoms. The number of amides is 1. The Hall–Kier alpha value is -1.49. The Kier molecular flexibility index (Phi) is 5.06. The third-order valence-electron chi connectivity index (χ3n) is 3.58. The van der Waals surface area contributed by atoms with E-state index in [4.69, 9.17) is 4.74 Å².